The molecule has 34 heavy (non-hydrogen) atoms. The molecule has 4 aromatic rings. The summed E-state index contributed by atoms with van der Waals surface area (Å²) in [6, 6.07) is 20.2. The molecule has 172 valence electrons. The molecular formula is C26H23FN4O3. The monoisotopic (exact) mass is 458 g/mol. The van der Waals surface area contributed by atoms with Crippen LogP contribution in [0.5, 0.6) is 0 Å². The summed E-state index contributed by atoms with van der Waals surface area (Å²) in [7, 11) is 0. The maximum absolute atomic E-state index is 13.5. The highest BCUT2D eigenvalue weighted by molar-refractivity contribution is 5.95. The Kier molecular flexibility index (Phi) is 6.77. The van der Waals surface area contributed by atoms with Gasteiger partial charge in [0.1, 0.15) is 12.4 Å². The van der Waals surface area contributed by atoms with Gasteiger partial charge >= 0.3 is 0 Å². The Labute approximate surface area is 195 Å². The molecule has 8 heteroatoms. The van der Waals surface area contributed by atoms with Crippen molar-refractivity contribution in [3.63, 3.8) is 0 Å². The zero-order valence-electron chi connectivity index (χ0n) is 18.6. The summed E-state index contributed by atoms with van der Waals surface area (Å²) in [5.74, 6) is -0.993. The van der Waals surface area contributed by atoms with Crippen LogP contribution in [-0.4, -0.2) is 27.9 Å². The SMILES string of the molecule is CCN(C(=O)Cc1ccc(NC(=O)Cn2cnc3ccc(F)cc3c2=O)cc1)c1ccccc1. The van der Waals surface area contributed by atoms with Crippen LogP contribution >= 0.6 is 0 Å². The van der Waals surface area contributed by atoms with Crippen molar-refractivity contribution in [2.75, 3.05) is 16.8 Å². The van der Waals surface area contributed by atoms with E-state index in [4.69, 9.17) is 0 Å². The van der Waals surface area contributed by atoms with Crippen LogP contribution in [0.2, 0.25) is 0 Å². The quantitative estimate of drug-likeness (QED) is 0.457. The molecule has 1 N–H and O–H groups in total. The van der Waals surface area contributed by atoms with E-state index < -0.39 is 17.3 Å². The summed E-state index contributed by atoms with van der Waals surface area (Å²) >= 11 is 0. The van der Waals surface area contributed by atoms with Gasteiger partial charge in [-0.15, -0.1) is 0 Å². The first kappa shape index (κ1) is 22.8. The molecule has 4 rings (SSSR count). The van der Waals surface area contributed by atoms with Gasteiger partial charge < -0.3 is 10.2 Å². The Hall–Kier alpha value is -4.33. The third-order valence-electron chi connectivity index (χ3n) is 5.38. The molecule has 0 atom stereocenters. The normalized spacial score (nSPS) is 10.8. The molecule has 0 bridgehead atoms. The second kappa shape index (κ2) is 10.1. The summed E-state index contributed by atoms with van der Waals surface area (Å²) in [4.78, 5) is 43.6. The average molecular weight is 458 g/mol. The molecule has 0 radical (unpaired) electrons. The molecule has 0 aliphatic rings. The molecule has 1 heterocycles. The Morgan fingerprint density at radius 2 is 1.76 bits per heavy atom. The number of aromatic nitrogens is 2. The van der Waals surface area contributed by atoms with Crippen molar-refractivity contribution in [1.29, 1.82) is 0 Å². The fraction of sp³-hybridized carbons (Fsp3) is 0.154. The Balaban J connectivity index is 1.39. The summed E-state index contributed by atoms with van der Waals surface area (Å²) < 4.78 is 14.6. The van der Waals surface area contributed by atoms with E-state index in [1.807, 2.05) is 37.3 Å². The fourth-order valence-electron chi connectivity index (χ4n) is 3.69. The summed E-state index contributed by atoms with van der Waals surface area (Å²) in [5.41, 5.74) is 2.06. The van der Waals surface area contributed by atoms with Crippen molar-refractivity contribution in [2.45, 2.75) is 19.9 Å². The molecule has 0 fully saturated rings. The highest BCUT2D eigenvalue weighted by Gasteiger charge is 2.14. The number of nitrogens with one attached hydrogen (secondary N) is 1. The van der Waals surface area contributed by atoms with E-state index in [-0.39, 0.29) is 24.3 Å². The Morgan fingerprint density at radius 3 is 2.47 bits per heavy atom. The Bertz CT molecular complexity index is 1390. The summed E-state index contributed by atoms with van der Waals surface area (Å²) in [6.07, 6.45) is 1.49. The highest BCUT2D eigenvalue weighted by Crippen LogP contribution is 2.16. The average Bonchev–Trinajstić information content (AvgIpc) is 2.83. The minimum Gasteiger partial charge on any atom is -0.325 e. The largest absolute Gasteiger partial charge is 0.325 e. The number of carbonyl (C=O) groups is 2. The van der Waals surface area contributed by atoms with E-state index in [0.717, 1.165) is 21.9 Å². The molecule has 1 aromatic heterocycles. The standard InChI is InChI=1S/C26H23FN4O3/c1-2-31(21-6-4-3-5-7-21)25(33)14-18-8-11-20(12-9-18)29-24(32)16-30-17-28-23-13-10-19(27)15-22(23)26(30)34/h3-13,15,17H,2,14,16H2,1H3,(H,29,32). The lowest BCUT2D eigenvalue weighted by molar-refractivity contribution is -0.118. The molecular weight excluding hydrogens is 435 g/mol. The minimum absolute atomic E-state index is 0.0231. The van der Waals surface area contributed by atoms with E-state index in [2.05, 4.69) is 10.3 Å². The second-order valence-electron chi connectivity index (χ2n) is 7.73. The van der Waals surface area contributed by atoms with E-state index >= 15 is 0 Å². The van der Waals surface area contributed by atoms with Crippen molar-refractivity contribution in [1.82, 2.24) is 9.55 Å². The number of rotatable bonds is 7. The van der Waals surface area contributed by atoms with Crippen molar-refractivity contribution < 1.29 is 14.0 Å². The van der Waals surface area contributed by atoms with Gasteiger partial charge in [-0.1, -0.05) is 30.3 Å². The molecule has 2 amide bonds. The number of amides is 2. The predicted octanol–water partition coefficient (Wildman–Crippen LogP) is 3.77. The number of halogens is 1. The highest BCUT2D eigenvalue weighted by atomic mass is 19.1. The lowest BCUT2D eigenvalue weighted by atomic mass is 10.1. The van der Waals surface area contributed by atoms with Gasteiger partial charge in [-0.2, -0.15) is 0 Å². The van der Waals surface area contributed by atoms with Crippen LogP contribution < -0.4 is 15.8 Å². The summed E-state index contributed by atoms with van der Waals surface area (Å²) in [5, 5.41) is 2.83. The van der Waals surface area contributed by atoms with Crippen LogP contribution in [0.1, 0.15) is 12.5 Å². The van der Waals surface area contributed by atoms with E-state index in [0.29, 0.717) is 17.7 Å². The number of carbonyl (C=O) groups excluding carboxylic acids is 2. The van der Waals surface area contributed by atoms with E-state index in [9.17, 15) is 18.8 Å². The topological polar surface area (TPSA) is 84.3 Å². The van der Waals surface area contributed by atoms with E-state index in [1.54, 1.807) is 29.2 Å². The number of benzene rings is 3. The first-order chi connectivity index (χ1) is 16.4. The molecule has 7 nitrogen and oxygen atoms in total. The summed E-state index contributed by atoms with van der Waals surface area (Å²) in [6.45, 7) is 2.23. The lowest BCUT2D eigenvalue weighted by Gasteiger charge is -2.21. The third kappa shape index (κ3) is 5.17. The van der Waals surface area contributed by atoms with Gasteiger partial charge in [0.05, 0.1) is 23.7 Å². The maximum atomic E-state index is 13.5. The van der Waals surface area contributed by atoms with Crippen LogP contribution in [0.3, 0.4) is 0 Å². The number of hydrogen-bond donors (Lipinski definition) is 1. The number of fused-ring (bicyclic) bond motifs is 1. The number of anilines is 2. The second-order valence-corrected chi connectivity index (χ2v) is 7.73. The first-order valence-electron chi connectivity index (χ1n) is 10.8. The van der Waals surface area contributed by atoms with Crippen LogP contribution in [-0.2, 0) is 22.6 Å². The van der Waals surface area contributed by atoms with Gasteiger partial charge in [-0.25, -0.2) is 9.37 Å². The molecule has 0 saturated carbocycles. The van der Waals surface area contributed by atoms with E-state index in [1.165, 1.54) is 18.5 Å². The van der Waals surface area contributed by atoms with Crippen molar-refractivity contribution in [3.8, 4) is 0 Å². The number of nitrogens with zero attached hydrogens (tertiary/aromatic N) is 3. The molecule has 0 spiro atoms. The number of hydrogen-bond acceptors (Lipinski definition) is 4. The number of likely N-dealkylation sites (N-methyl/N-ethyl adjacent to an activating group) is 1. The van der Waals surface area contributed by atoms with Gasteiger partial charge in [-0.05, 0) is 55.0 Å². The van der Waals surface area contributed by atoms with Crippen molar-refractivity contribution in [2.24, 2.45) is 0 Å². The smallest absolute Gasteiger partial charge is 0.261 e. The van der Waals surface area contributed by atoms with Gasteiger partial charge in [0.2, 0.25) is 11.8 Å². The maximum Gasteiger partial charge on any atom is 0.261 e. The third-order valence-corrected chi connectivity index (χ3v) is 5.38. The Morgan fingerprint density at radius 1 is 1.03 bits per heavy atom. The number of para-hydroxylation sites is 1. The van der Waals surface area contributed by atoms with Crippen LogP contribution in [0, 0.1) is 5.82 Å². The van der Waals surface area contributed by atoms with Gasteiger partial charge in [0.15, 0.2) is 0 Å². The molecule has 0 aliphatic carbocycles. The first-order valence-corrected chi connectivity index (χ1v) is 10.8. The lowest BCUT2D eigenvalue weighted by Crippen LogP contribution is -2.31. The van der Waals surface area contributed by atoms with Crippen LogP contribution in [0.15, 0.2) is 83.9 Å². The van der Waals surface area contributed by atoms with Gasteiger partial charge in [-0.3, -0.25) is 19.0 Å². The fourth-order valence-corrected chi connectivity index (χ4v) is 3.69. The molecule has 0 saturated heterocycles. The zero-order valence-corrected chi connectivity index (χ0v) is 18.6. The molecule has 0 unspecified atom stereocenters. The molecule has 0 aliphatic heterocycles. The predicted molar refractivity (Wildman–Crippen MR) is 129 cm³/mol. The molecule has 3 aromatic carbocycles. The van der Waals surface area contributed by atoms with Gasteiger partial charge in [0.25, 0.3) is 5.56 Å². The minimum atomic E-state index is -0.544. The van der Waals surface area contributed by atoms with Crippen molar-refractivity contribution in [3.05, 3.63) is 101 Å². The van der Waals surface area contributed by atoms with Gasteiger partial charge in [0, 0.05) is 17.9 Å². The zero-order chi connectivity index (χ0) is 24.1. The van der Waals surface area contributed by atoms with Crippen molar-refractivity contribution >= 4 is 34.1 Å². The van der Waals surface area contributed by atoms with Crippen LogP contribution in [0.25, 0.3) is 10.9 Å². The van der Waals surface area contributed by atoms with Crippen LogP contribution in [0.4, 0.5) is 15.8 Å².